The van der Waals surface area contributed by atoms with Gasteiger partial charge in [-0.05, 0) is 43.7 Å². The van der Waals surface area contributed by atoms with Crippen LogP contribution >= 0.6 is 11.6 Å². The summed E-state index contributed by atoms with van der Waals surface area (Å²) in [6.07, 6.45) is 0.805. The highest BCUT2D eigenvalue weighted by molar-refractivity contribution is 6.30. The second-order valence-corrected chi connectivity index (χ2v) is 5.24. The van der Waals surface area contributed by atoms with E-state index in [1.165, 1.54) is 5.56 Å². The van der Waals surface area contributed by atoms with E-state index >= 15 is 0 Å². The Kier molecular flexibility index (Phi) is 7.92. The molecule has 0 amide bonds. The van der Waals surface area contributed by atoms with Gasteiger partial charge < -0.3 is 20.1 Å². The van der Waals surface area contributed by atoms with Gasteiger partial charge in [0.1, 0.15) is 0 Å². The van der Waals surface area contributed by atoms with Crippen LogP contribution in [0.2, 0.25) is 5.02 Å². The van der Waals surface area contributed by atoms with E-state index in [9.17, 15) is 0 Å². The standard InChI is InChI=1S/C15H25ClN2O2/c1-12(11-20-3)18(8-9-19-2)15-5-4-14(16)10-13(15)6-7-17/h4-5,10,12H,6-9,11,17H2,1-3H3. The molecule has 0 saturated carbocycles. The Hall–Kier alpha value is -0.810. The van der Waals surface area contributed by atoms with Crippen LogP contribution in [0.4, 0.5) is 5.69 Å². The van der Waals surface area contributed by atoms with Crippen molar-refractivity contribution in [3.63, 3.8) is 0 Å². The van der Waals surface area contributed by atoms with E-state index in [4.69, 9.17) is 26.8 Å². The monoisotopic (exact) mass is 300 g/mol. The lowest BCUT2D eigenvalue weighted by atomic mass is 10.1. The predicted molar refractivity (Wildman–Crippen MR) is 84.8 cm³/mol. The van der Waals surface area contributed by atoms with Crippen molar-refractivity contribution in [1.29, 1.82) is 0 Å². The lowest BCUT2D eigenvalue weighted by Crippen LogP contribution is -2.39. The van der Waals surface area contributed by atoms with Gasteiger partial charge in [-0.15, -0.1) is 0 Å². The van der Waals surface area contributed by atoms with Crippen LogP contribution in [0, 0.1) is 0 Å². The van der Waals surface area contributed by atoms with Gasteiger partial charge in [0.25, 0.3) is 0 Å². The Labute approximate surface area is 126 Å². The van der Waals surface area contributed by atoms with E-state index in [1.807, 2.05) is 12.1 Å². The molecule has 0 spiro atoms. The predicted octanol–water partition coefficient (Wildman–Crippen LogP) is 2.33. The van der Waals surface area contributed by atoms with Crippen molar-refractivity contribution in [2.45, 2.75) is 19.4 Å². The Balaban J connectivity index is 3.04. The van der Waals surface area contributed by atoms with E-state index in [1.54, 1.807) is 14.2 Å². The Bertz CT molecular complexity index is 401. The molecule has 1 atom stereocenters. The molecule has 0 aliphatic carbocycles. The van der Waals surface area contributed by atoms with E-state index in [2.05, 4.69) is 17.9 Å². The van der Waals surface area contributed by atoms with Crippen molar-refractivity contribution >= 4 is 17.3 Å². The summed E-state index contributed by atoms with van der Waals surface area (Å²) in [5.41, 5.74) is 8.02. The van der Waals surface area contributed by atoms with E-state index in [0.717, 1.165) is 23.7 Å². The van der Waals surface area contributed by atoms with Crippen molar-refractivity contribution < 1.29 is 9.47 Å². The summed E-state index contributed by atoms with van der Waals surface area (Å²) < 4.78 is 10.5. The van der Waals surface area contributed by atoms with Crippen LogP contribution in [-0.4, -0.2) is 46.6 Å². The molecule has 1 unspecified atom stereocenters. The van der Waals surface area contributed by atoms with Crippen molar-refractivity contribution in [2.75, 3.05) is 45.4 Å². The molecular formula is C15H25ClN2O2. The first-order valence-corrected chi connectivity index (χ1v) is 7.24. The largest absolute Gasteiger partial charge is 0.383 e. The van der Waals surface area contributed by atoms with Gasteiger partial charge in [-0.3, -0.25) is 0 Å². The second-order valence-electron chi connectivity index (χ2n) is 4.80. The smallest absolute Gasteiger partial charge is 0.0663 e. The topological polar surface area (TPSA) is 47.7 Å². The van der Waals surface area contributed by atoms with Gasteiger partial charge >= 0.3 is 0 Å². The molecule has 1 aromatic carbocycles. The van der Waals surface area contributed by atoms with Crippen LogP contribution in [0.15, 0.2) is 18.2 Å². The highest BCUT2D eigenvalue weighted by Crippen LogP contribution is 2.26. The van der Waals surface area contributed by atoms with Crippen LogP contribution in [0.3, 0.4) is 0 Å². The summed E-state index contributed by atoms with van der Waals surface area (Å²) in [7, 11) is 3.43. The van der Waals surface area contributed by atoms with E-state index < -0.39 is 0 Å². The van der Waals surface area contributed by atoms with Crippen LogP contribution in [-0.2, 0) is 15.9 Å². The van der Waals surface area contributed by atoms with Crippen molar-refractivity contribution in [3.05, 3.63) is 28.8 Å². The zero-order valence-electron chi connectivity index (χ0n) is 12.6. The molecule has 0 aromatic heterocycles. The minimum atomic E-state index is 0.257. The molecule has 0 saturated heterocycles. The van der Waals surface area contributed by atoms with Gasteiger partial charge in [0.05, 0.1) is 13.2 Å². The summed E-state index contributed by atoms with van der Waals surface area (Å²) in [6.45, 7) is 4.87. The van der Waals surface area contributed by atoms with Crippen LogP contribution in [0.25, 0.3) is 0 Å². The van der Waals surface area contributed by atoms with Gasteiger partial charge in [0, 0.05) is 37.5 Å². The first-order valence-electron chi connectivity index (χ1n) is 6.87. The first kappa shape index (κ1) is 17.2. The summed E-state index contributed by atoms with van der Waals surface area (Å²) >= 11 is 6.09. The average Bonchev–Trinajstić information content (AvgIpc) is 2.42. The zero-order valence-corrected chi connectivity index (χ0v) is 13.3. The molecule has 5 heteroatoms. The zero-order chi connectivity index (χ0) is 15.0. The molecule has 0 fully saturated rings. The number of halogens is 1. The number of methoxy groups -OCH3 is 2. The molecule has 4 nitrogen and oxygen atoms in total. The maximum Gasteiger partial charge on any atom is 0.0663 e. The second kappa shape index (κ2) is 9.19. The molecule has 0 bridgehead atoms. The third kappa shape index (κ3) is 4.94. The molecule has 0 radical (unpaired) electrons. The summed E-state index contributed by atoms with van der Waals surface area (Å²) in [5.74, 6) is 0. The normalized spacial score (nSPS) is 12.4. The third-order valence-corrected chi connectivity index (χ3v) is 3.48. The minimum absolute atomic E-state index is 0.257. The molecule has 2 N–H and O–H groups in total. The maximum absolute atomic E-state index is 6.09. The number of hydrogen-bond acceptors (Lipinski definition) is 4. The van der Waals surface area contributed by atoms with Gasteiger partial charge in [-0.2, -0.15) is 0 Å². The fourth-order valence-electron chi connectivity index (χ4n) is 2.29. The number of nitrogens with zero attached hydrogens (tertiary/aromatic N) is 1. The fourth-order valence-corrected chi connectivity index (χ4v) is 2.48. The van der Waals surface area contributed by atoms with Crippen molar-refractivity contribution in [2.24, 2.45) is 5.73 Å². The lowest BCUT2D eigenvalue weighted by Gasteiger charge is -2.32. The van der Waals surface area contributed by atoms with Gasteiger partial charge in [-0.25, -0.2) is 0 Å². The SMILES string of the molecule is COCCN(c1ccc(Cl)cc1CCN)C(C)COC. The third-order valence-electron chi connectivity index (χ3n) is 3.24. The molecule has 0 aliphatic heterocycles. The summed E-state index contributed by atoms with van der Waals surface area (Å²) in [6, 6.07) is 6.21. The molecule has 114 valence electrons. The van der Waals surface area contributed by atoms with Crippen LogP contribution < -0.4 is 10.6 Å². The summed E-state index contributed by atoms with van der Waals surface area (Å²) in [5, 5.41) is 0.739. The number of nitrogens with two attached hydrogens (primary N) is 1. The van der Waals surface area contributed by atoms with Crippen LogP contribution in [0.1, 0.15) is 12.5 Å². The quantitative estimate of drug-likeness (QED) is 0.760. The highest BCUT2D eigenvalue weighted by Gasteiger charge is 2.17. The maximum atomic E-state index is 6.09. The number of hydrogen-bond donors (Lipinski definition) is 1. The number of rotatable bonds is 9. The molecule has 1 aromatic rings. The fraction of sp³-hybridized carbons (Fsp3) is 0.600. The van der Waals surface area contributed by atoms with Gasteiger partial charge in [0.2, 0.25) is 0 Å². The number of benzene rings is 1. The Morgan fingerprint density at radius 3 is 2.65 bits per heavy atom. The van der Waals surface area contributed by atoms with Gasteiger partial charge in [-0.1, -0.05) is 11.6 Å². The van der Waals surface area contributed by atoms with Crippen LogP contribution in [0.5, 0.6) is 0 Å². The molecule has 1 rings (SSSR count). The van der Waals surface area contributed by atoms with E-state index in [0.29, 0.717) is 19.8 Å². The Morgan fingerprint density at radius 2 is 2.05 bits per heavy atom. The van der Waals surface area contributed by atoms with Gasteiger partial charge in [0.15, 0.2) is 0 Å². The van der Waals surface area contributed by atoms with Crippen molar-refractivity contribution in [1.82, 2.24) is 0 Å². The molecule has 20 heavy (non-hydrogen) atoms. The minimum Gasteiger partial charge on any atom is -0.383 e. The molecule has 0 aliphatic rings. The molecule has 0 heterocycles. The number of ether oxygens (including phenoxy) is 2. The van der Waals surface area contributed by atoms with E-state index in [-0.39, 0.29) is 6.04 Å². The summed E-state index contributed by atoms with van der Waals surface area (Å²) in [4.78, 5) is 2.29. The Morgan fingerprint density at radius 1 is 1.30 bits per heavy atom. The highest BCUT2D eigenvalue weighted by atomic mass is 35.5. The first-order chi connectivity index (χ1) is 9.63. The van der Waals surface area contributed by atoms with Crippen molar-refractivity contribution in [3.8, 4) is 0 Å². The number of anilines is 1. The average molecular weight is 301 g/mol. The molecular weight excluding hydrogens is 276 g/mol. The lowest BCUT2D eigenvalue weighted by molar-refractivity contribution is 0.171.